The zero-order valence-electron chi connectivity index (χ0n) is 18.0. The number of carbonyl (C=O) groups is 1. The van der Waals surface area contributed by atoms with Crippen LogP contribution in [-0.4, -0.2) is 45.7 Å². The molecule has 164 valence electrons. The van der Waals surface area contributed by atoms with Crippen molar-refractivity contribution in [2.24, 2.45) is 5.92 Å². The normalized spacial score (nSPS) is 11.3. The Kier molecular flexibility index (Phi) is 8.11. The molecule has 8 heteroatoms. The summed E-state index contributed by atoms with van der Waals surface area (Å²) < 4.78 is 39.6. The minimum atomic E-state index is -3.71. The van der Waals surface area contributed by atoms with Gasteiger partial charge in [0.25, 0.3) is 5.91 Å². The molecule has 0 spiro atoms. The van der Waals surface area contributed by atoms with Gasteiger partial charge < -0.3 is 18.6 Å². The van der Waals surface area contributed by atoms with Crippen LogP contribution >= 0.6 is 0 Å². The summed E-state index contributed by atoms with van der Waals surface area (Å²) in [6, 6.07) is 12.1. The number of benzene rings is 2. The first-order valence-corrected chi connectivity index (χ1v) is 11.3. The molecular formula is C22H29NO6S. The van der Waals surface area contributed by atoms with E-state index < -0.39 is 10.1 Å². The molecule has 30 heavy (non-hydrogen) atoms. The Hall–Kier alpha value is -2.74. The molecule has 7 nitrogen and oxygen atoms in total. The monoisotopic (exact) mass is 435 g/mol. The van der Waals surface area contributed by atoms with Gasteiger partial charge in [0.05, 0.1) is 25.5 Å². The summed E-state index contributed by atoms with van der Waals surface area (Å²) >= 11 is 0. The van der Waals surface area contributed by atoms with Gasteiger partial charge in [-0.05, 0) is 42.7 Å². The van der Waals surface area contributed by atoms with Gasteiger partial charge in [-0.25, -0.2) is 0 Å². The lowest BCUT2D eigenvalue weighted by Gasteiger charge is -2.26. The molecule has 0 fully saturated rings. The van der Waals surface area contributed by atoms with Crippen molar-refractivity contribution in [3.05, 3.63) is 53.6 Å². The lowest BCUT2D eigenvalue weighted by molar-refractivity contribution is 0.0719. The van der Waals surface area contributed by atoms with Crippen molar-refractivity contribution in [2.75, 3.05) is 26.5 Å². The van der Waals surface area contributed by atoms with Crippen molar-refractivity contribution in [3.8, 4) is 17.2 Å². The number of para-hydroxylation sites is 1. The molecule has 2 aromatic carbocycles. The zero-order chi connectivity index (χ0) is 22.3. The summed E-state index contributed by atoms with van der Waals surface area (Å²) in [5.74, 6) is 0.822. The number of amides is 1. The molecule has 0 saturated carbocycles. The maximum atomic E-state index is 13.2. The highest BCUT2D eigenvalue weighted by Crippen LogP contribution is 2.30. The molecule has 0 aliphatic rings. The molecule has 0 atom stereocenters. The predicted molar refractivity (Wildman–Crippen MR) is 116 cm³/mol. The van der Waals surface area contributed by atoms with Gasteiger partial charge in [0.2, 0.25) is 0 Å². The first-order valence-electron chi connectivity index (χ1n) is 9.72. The maximum absolute atomic E-state index is 13.2. The second-order valence-electron chi connectivity index (χ2n) is 7.19. The Morgan fingerprint density at radius 3 is 2.27 bits per heavy atom. The van der Waals surface area contributed by atoms with Gasteiger partial charge in [-0.2, -0.15) is 8.42 Å². The standard InChI is InChI=1S/C22H29NO6S/c1-6-30(25,26)29-21-13-17(11-12-20(21)28-5)15-23(14-16(2)3)22(24)18-9-7-8-10-19(18)27-4/h7-13,16H,6,14-15H2,1-5H3. The van der Waals surface area contributed by atoms with Crippen LogP contribution < -0.4 is 13.7 Å². The number of hydrogen-bond acceptors (Lipinski definition) is 6. The van der Waals surface area contributed by atoms with Gasteiger partial charge in [0.1, 0.15) is 5.75 Å². The van der Waals surface area contributed by atoms with E-state index in [1.165, 1.54) is 21.1 Å². The number of rotatable bonds is 10. The molecule has 0 bridgehead atoms. The number of ether oxygens (including phenoxy) is 2. The van der Waals surface area contributed by atoms with Crippen molar-refractivity contribution in [1.82, 2.24) is 4.90 Å². The fraction of sp³-hybridized carbons (Fsp3) is 0.409. The highest BCUT2D eigenvalue weighted by atomic mass is 32.2. The third-order valence-corrected chi connectivity index (χ3v) is 5.52. The van der Waals surface area contributed by atoms with E-state index in [1.54, 1.807) is 41.3 Å². The second kappa shape index (κ2) is 10.3. The molecule has 0 saturated heterocycles. The van der Waals surface area contributed by atoms with Gasteiger partial charge in [-0.3, -0.25) is 4.79 Å². The Morgan fingerprint density at radius 2 is 1.67 bits per heavy atom. The summed E-state index contributed by atoms with van der Waals surface area (Å²) in [5, 5.41) is 0. The van der Waals surface area contributed by atoms with Crippen molar-refractivity contribution in [3.63, 3.8) is 0 Å². The number of nitrogens with zero attached hydrogens (tertiary/aromatic N) is 1. The molecule has 0 aliphatic carbocycles. The van der Waals surface area contributed by atoms with Gasteiger partial charge >= 0.3 is 10.1 Å². The van der Waals surface area contributed by atoms with Crippen molar-refractivity contribution < 1.29 is 26.9 Å². The predicted octanol–water partition coefficient (Wildman–Crippen LogP) is 3.73. The molecule has 0 heterocycles. The van der Waals surface area contributed by atoms with E-state index in [2.05, 4.69) is 0 Å². The number of carbonyl (C=O) groups excluding carboxylic acids is 1. The summed E-state index contributed by atoms with van der Waals surface area (Å²) in [5.41, 5.74) is 1.19. The average molecular weight is 436 g/mol. The van der Waals surface area contributed by atoms with Crippen LogP contribution in [0.3, 0.4) is 0 Å². The summed E-state index contributed by atoms with van der Waals surface area (Å²) in [6.07, 6.45) is 0. The molecule has 0 unspecified atom stereocenters. The topological polar surface area (TPSA) is 82.1 Å². The second-order valence-corrected chi connectivity index (χ2v) is 9.05. The Labute approximate surface area is 178 Å². The fourth-order valence-corrected chi connectivity index (χ4v) is 3.47. The van der Waals surface area contributed by atoms with Gasteiger partial charge in [0, 0.05) is 13.1 Å². The first-order chi connectivity index (χ1) is 14.2. The largest absolute Gasteiger partial charge is 0.496 e. The van der Waals surface area contributed by atoms with Gasteiger partial charge in [0.15, 0.2) is 11.5 Å². The zero-order valence-corrected chi connectivity index (χ0v) is 18.9. The molecule has 1 amide bonds. The number of methoxy groups -OCH3 is 2. The Morgan fingerprint density at radius 1 is 1.00 bits per heavy atom. The van der Waals surface area contributed by atoms with Crippen LogP contribution in [0.1, 0.15) is 36.7 Å². The van der Waals surface area contributed by atoms with E-state index in [0.717, 1.165) is 5.56 Å². The maximum Gasteiger partial charge on any atom is 0.309 e. The van der Waals surface area contributed by atoms with Gasteiger partial charge in [-0.1, -0.05) is 32.0 Å². The minimum absolute atomic E-state index is 0.103. The number of hydrogen-bond donors (Lipinski definition) is 0. The van der Waals surface area contributed by atoms with Crippen LogP contribution in [0.2, 0.25) is 0 Å². The Balaban J connectivity index is 2.37. The van der Waals surface area contributed by atoms with Crippen molar-refractivity contribution in [1.29, 1.82) is 0 Å². The molecule has 2 aromatic rings. The lowest BCUT2D eigenvalue weighted by Crippen LogP contribution is -2.34. The smallest absolute Gasteiger partial charge is 0.309 e. The lowest BCUT2D eigenvalue weighted by atomic mass is 10.1. The molecule has 0 aliphatic heterocycles. The van der Waals surface area contributed by atoms with E-state index in [4.69, 9.17) is 13.7 Å². The van der Waals surface area contributed by atoms with E-state index in [1.807, 2.05) is 19.9 Å². The molecule has 0 radical (unpaired) electrons. The van der Waals surface area contributed by atoms with Crippen LogP contribution in [0.15, 0.2) is 42.5 Å². The van der Waals surface area contributed by atoms with Crippen LogP contribution in [0.5, 0.6) is 17.2 Å². The van der Waals surface area contributed by atoms with Crippen LogP contribution in [0.4, 0.5) is 0 Å². The van der Waals surface area contributed by atoms with E-state index >= 15 is 0 Å². The average Bonchev–Trinajstić information content (AvgIpc) is 2.72. The third kappa shape index (κ3) is 6.13. The van der Waals surface area contributed by atoms with Crippen molar-refractivity contribution in [2.45, 2.75) is 27.3 Å². The summed E-state index contributed by atoms with van der Waals surface area (Å²) in [4.78, 5) is 15.0. The van der Waals surface area contributed by atoms with Gasteiger partial charge in [-0.15, -0.1) is 0 Å². The van der Waals surface area contributed by atoms with E-state index in [0.29, 0.717) is 23.6 Å². The SMILES string of the molecule is CCS(=O)(=O)Oc1cc(CN(CC(C)C)C(=O)c2ccccc2OC)ccc1OC. The Bertz CT molecular complexity index is 971. The summed E-state index contributed by atoms with van der Waals surface area (Å²) in [6.45, 7) is 6.35. The summed E-state index contributed by atoms with van der Waals surface area (Å²) in [7, 11) is -0.746. The fourth-order valence-electron chi connectivity index (χ4n) is 2.95. The van der Waals surface area contributed by atoms with Crippen LogP contribution in [-0.2, 0) is 16.7 Å². The highest BCUT2D eigenvalue weighted by molar-refractivity contribution is 7.87. The van der Waals surface area contributed by atoms with Crippen LogP contribution in [0.25, 0.3) is 0 Å². The highest BCUT2D eigenvalue weighted by Gasteiger charge is 2.22. The molecular weight excluding hydrogens is 406 g/mol. The quantitative estimate of drug-likeness (QED) is 0.529. The minimum Gasteiger partial charge on any atom is -0.496 e. The van der Waals surface area contributed by atoms with E-state index in [9.17, 15) is 13.2 Å². The molecule has 0 aromatic heterocycles. The van der Waals surface area contributed by atoms with Crippen LogP contribution in [0, 0.1) is 5.92 Å². The third-order valence-electron chi connectivity index (χ3n) is 4.38. The van der Waals surface area contributed by atoms with Crippen molar-refractivity contribution >= 4 is 16.0 Å². The molecule has 2 rings (SSSR count). The first kappa shape index (κ1) is 23.5. The van der Waals surface area contributed by atoms with E-state index in [-0.39, 0.29) is 29.9 Å². The molecule has 0 N–H and O–H groups in total.